The molecular formula is C27H21NO8. The van der Waals surface area contributed by atoms with E-state index in [0.29, 0.717) is 16.7 Å². The highest BCUT2D eigenvalue weighted by Gasteiger charge is 2.59. The number of Topliss-reactive ketones (excluding diaryl/α,β-unsaturated/α-hetero) is 2. The molecule has 3 aliphatic carbocycles. The number of allylic oxidation sites excluding steroid dienone is 2. The molecule has 9 nitrogen and oxygen atoms in total. The lowest BCUT2D eigenvalue weighted by molar-refractivity contribution is -0.144. The van der Waals surface area contributed by atoms with E-state index in [1.807, 2.05) is 0 Å². The summed E-state index contributed by atoms with van der Waals surface area (Å²) in [4.78, 5) is 38.2. The number of amides is 1. The van der Waals surface area contributed by atoms with E-state index in [0.717, 1.165) is 0 Å². The molecule has 0 spiro atoms. The number of phenols is 2. The molecule has 0 bridgehead atoms. The number of benzene rings is 2. The van der Waals surface area contributed by atoms with Crippen LogP contribution in [-0.4, -0.2) is 48.6 Å². The van der Waals surface area contributed by atoms with E-state index in [1.165, 1.54) is 18.2 Å². The molecule has 0 heterocycles. The van der Waals surface area contributed by atoms with E-state index >= 15 is 0 Å². The van der Waals surface area contributed by atoms with Crippen molar-refractivity contribution in [2.24, 2.45) is 17.6 Å². The molecule has 2 aromatic carbocycles. The first-order valence-electron chi connectivity index (χ1n) is 11.2. The van der Waals surface area contributed by atoms with E-state index in [2.05, 4.69) is 11.8 Å². The number of ketones is 2. The number of aliphatic hydroxyl groups is 3. The Morgan fingerprint density at radius 2 is 1.78 bits per heavy atom. The van der Waals surface area contributed by atoms with Crippen molar-refractivity contribution >= 4 is 17.5 Å². The number of phenolic OH excluding ortho intramolecular Hbond substituents is 2. The number of aliphatic hydroxyl groups excluding tert-OH is 2. The van der Waals surface area contributed by atoms with Crippen LogP contribution in [0.1, 0.15) is 39.9 Å². The van der Waals surface area contributed by atoms with Crippen molar-refractivity contribution in [3.05, 3.63) is 81.3 Å². The quantitative estimate of drug-likeness (QED) is 0.260. The van der Waals surface area contributed by atoms with Gasteiger partial charge < -0.3 is 31.3 Å². The molecule has 0 radical (unpaired) electrons. The minimum absolute atomic E-state index is 0.0397. The molecular weight excluding hydrogens is 466 g/mol. The normalized spacial score (nSPS) is 24.9. The highest BCUT2D eigenvalue weighted by molar-refractivity contribution is 6.24. The van der Waals surface area contributed by atoms with E-state index in [1.54, 1.807) is 18.2 Å². The van der Waals surface area contributed by atoms with Crippen molar-refractivity contribution in [1.82, 2.24) is 0 Å². The van der Waals surface area contributed by atoms with E-state index in [4.69, 9.17) is 5.73 Å². The Bertz CT molecular complexity index is 1510. The molecule has 0 fully saturated rings. The number of nitrogens with two attached hydrogens (primary N) is 1. The van der Waals surface area contributed by atoms with Gasteiger partial charge in [0.2, 0.25) is 5.78 Å². The zero-order valence-corrected chi connectivity index (χ0v) is 18.8. The lowest BCUT2D eigenvalue weighted by Crippen LogP contribution is -2.57. The highest BCUT2D eigenvalue weighted by atomic mass is 16.3. The Morgan fingerprint density at radius 1 is 1.03 bits per heavy atom. The van der Waals surface area contributed by atoms with Gasteiger partial charge in [0, 0.05) is 29.0 Å². The maximum Gasteiger partial charge on any atom is 0.255 e. The predicted octanol–water partition coefficient (Wildman–Crippen LogP) is 1.69. The van der Waals surface area contributed by atoms with Crippen LogP contribution in [0.3, 0.4) is 0 Å². The molecule has 0 aliphatic heterocycles. The summed E-state index contributed by atoms with van der Waals surface area (Å²) in [5, 5.41) is 52.7. The number of aromatic hydroxyl groups is 2. The van der Waals surface area contributed by atoms with E-state index in [-0.39, 0.29) is 41.9 Å². The first-order chi connectivity index (χ1) is 17.0. The molecule has 0 saturated heterocycles. The molecule has 5 rings (SSSR count). The SMILES string of the molecule is NC(=O)C1=C(O)C[C@@H]2C[C@@H]3Cc4c(C#Cc5cccc(O)c5)ccc(O)c4C(=O)C3=C(O)[C@]2(O)C1=O. The fourth-order valence-electron chi connectivity index (χ4n) is 5.46. The average molecular weight is 487 g/mol. The van der Waals surface area contributed by atoms with Gasteiger partial charge in [0.1, 0.15) is 28.6 Å². The Morgan fingerprint density at radius 3 is 2.47 bits per heavy atom. The lowest BCUT2D eigenvalue weighted by atomic mass is 9.60. The molecule has 1 amide bonds. The van der Waals surface area contributed by atoms with Gasteiger partial charge in [-0.05, 0) is 54.7 Å². The number of hydrogen-bond donors (Lipinski definition) is 6. The Hall–Kier alpha value is -4.55. The molecule has 9 heteroatoms. The highest BCUT2D eigenvalue weighted by Crippen LogP contribution is 2.51. The second-order valence-corrected chi connectivity index (χ2v) is 9.20. The summed E-state index contributed by atoms with van der Waals surface area (Å²) in [5.74, 6) is -0.832. The smallest absolute Gasteiger partial charge is 0.255 e. The van der Waals surface area contributed by atoms with Crippen LogP contribution in [0.25, 0.3) is 0 Å². The van der Waals surface area contributed by atoms with Gasteiger partial charge in [0.25, 0.3) is 5.91 Å². The number of hydrogen-bond acceptors (Lipinski definition) is 8. The Kier molecular flexibility index (Phi) is 5.16. The number of rotatable bonds is 1. The van der Waals surface area contributed by atoms with Gasteiger partial charge in [-0.2, -0.15) is 0 Å². The fourth-order valence-corrected chi connectivity index (χ4v) is 5.46. The molecule has 0 unspecified atom stereocenters. The van der Waals surface area contributed by atoms with Crippen molar-refractivity contribution in [3.63, 3.8) is 0 Å². The summed E-state index contributed by atoms with van der Waals surface area (Å²) >= 11 is 0. The molecule has 3 atom stereocenters. The summed E-state index contributed by atoms with van der Waals surface area (Å²) in [6, 6.07) is 9.17. The first kappa shape index (κ1) is 23.2. The molecule has 182 valence electrons. The Labute approximate surface area is 204 Å². The largest absolute Gasteiger partial charge is 0.511 e. The average Bonchev–Trinajstić information content (AvgIpc) is 2.80. The van der Waals surface area contributed by atoms with Gasteiger partial charge in [-0.1, -0.05) is 17.9 Å². The van der Waals surface area contributed by atoms with Crippen LogP contribution in [0.2, 0.25) is 0 Å². The van der Waals surface area contributed by atoms with Crippen molar-refractivity contribution in [2.75, 3.05) is 0 Å². The summed E-state index contributed by atoms with van der Waals surface area (Å²) in [6.07, 6.45) is -0.0928. The Balaban J connectivity index is 1.63. The molecule has 36 heavy (non-hydrogen) atoms. The molecule has 2 aromatic rings. The van der Waals surface area contributed by atoms with Crippen molar-refractivity contribution in [3.8, 4) is 23.3 Å². The summed E-state index contributed by atoms with van der Waals surface area (Å²) in [6.45, 7) is 0. The maximum atomic E-state index is 13.5. The zero-order chi connectivity index (χ0) is 25.9. The van der Waals surface area contributed by atoms with Crippen LogP contribution < -0.4 is 5.73 Å². The first-order valence-corrected chi connectivity index (χ1v) is 11.2. The van der Waals surface area contributed by atoms with Crippen LogP contribution in [0.4, 0.5) is 0 Å². The maximum absolute atomic E-state index is 13.5. The fraction of sp³-hybridized carbons (Fsp3) is 0.222. The van der Waals surface area contributed by atoms with Crippen LogP contribution >= 0.6 is 0 Å². The van der Waals surface area contributed by atoms with Crippen LogP contribution in [-0.2, 0) is 16.0 Å². The number of primary amides is 1. The lowest BCUT2D eigenvalue weighted by Gasteiger charge is -2.45. The molecule has 0 saturated carbocycles. The molecule has 7 N–H and O–H groups in total. The number of carbonyl (C=O) groups excluding carboxylic acids is 3. The number of fused-ring (bicyclic) bond motifs is 3. The van der Waals surface area contributed by atoms with Crippen molar-refractivity contribution < 1.29 is 39.9 Å². The van der Waals surface area contributed by atoms with Crippen molar-refractivity contribution in [1.29, 1.82) is 0 Å². The molecule has 0 aromatic heterocycles. The van der Waals surface area contributed by atoms with Gasteiger partial charge in [-0.25, -0.2) is 0 Å². The summed E-state index contributed by atoms with van der Waals surface area (Å²) in [7, 11) is 0. The van der Waals surface area contributed by atoms with Gasteiger partial charge in [-0.15, -0.1) is 0 Å². The third kappa shape index (κ3) is 3.26. The standard InChI is InChI=1S/C27H21NO8/c28-26(35)22-19(31)11-15-9-14-10-17-13(5-4-12-2-1-3-16(29)8-12)6-7-18(30)21(17)23(32)20(14)24(33)27(15,36)25(22)34/h1-3,6-8,14-15,29-31,33,36H,9-11H2,(H2,28,35)/t14-,15+,27+/m1/s1. The minimum Gasteiger partial charge on any atom is -0.511 e. The second-order valence-electron chi connectivity index (χ2n) is 9.20. The predicted molar refractivity (Wildman–Crippen MR) is 125 cm³/mol. The topological polar surface area (TPSA) is 178 Å². The van der Waals surface area contributed by atoms with E-state index < -0.39 is 52.0 Å². The van der Waals surface area contributed by atoms with Crippen LogP contribution in [0.5, 0.6) is 11.5 Å². The van der Waals surface area contributed by atoms with Crippen molar-refractivity contribution in [2.45, 2.75) is 24.9 Å². The van der Waals surface area contributed by atoms with Crippen LogP contribution in [0.15, 0.2) is 59.1 Å². The van der Waals surface area contributed by atoms with Gasteiger partial charge in [0.05, 0.1) is 5.56 Å². The second kappa shape index (κ2) is 8.00. The van der Waals surface area contributed by atoms with Crippen LogP contribution in [0, 0.1) is 23.7 Å². The third-order valence-electron chi connectivity index (χ3n) is 7.13. The number of carbonyl (C=O) groups is 3. The third-order valence-corrected chi connectivity index (χ3v) is 7.13. The summed E-state index contributed by atoms with van der Waals surface area (Å²) < 4.78 is 0. The summed E-state index contributed by atoms with van der Waals surface area (Å²) in [5.41, 5.74) is 2.89. The van der Waals surface area contributed by atoms with E-state index in [9.17, 15) is 39.9 Å². The van der Waals surface area contributed by atoms with Gasteiger partial charge >= 0.3 is 0 Å². The molecule has 3 aliphatic rings. The van der Waals surface area contributed by atoms with Gasteiger partial charge in [0.15, 0.2) is 11.4 Å². The minimum atomic E-state index is -2.60. The zero-order valence-electron chi connectivity index (χ0n) is 18.8. The monoisotopic (exact) mass is 487 g/mol. The van der Waals surface area contributed by atoms with Gasteiger partial charge in [-0.3, -0.25) is 14.4 Å².